The smallest absolute Gasteiger partial charge is 0.211 e. The van der Waals surface area contributed by atoms with Gasteiger partial charge in [-0.2, -0.15) is 0 Å². The average molecular weight is 340 g/mol. The predicted molar refractivity (Wildman–Crippen MR) is 99.3 cm³/mol. The van der Waals surface area contributed by atoms with Crippen LogP contribution in [0.15, 0.2) is 30.3 Å². The van der Waals surface area contributed by atoms with Crippen LogP contribution in [0.1, 0.15) is 70.3 Å². The monoisotopic (exact) mass is 339 g/mol. The van der Waals surface area contributed by atoms with Crippen molar-refractivity contribution in [2.24, 2.45) is 0 Å². The van der Waals surface area contributed by atoms with Crippen LogP contribution in [0.4, 0.5) is 0 Å². The molecule has 132 valence electrons. The van der Waals surface area contributed by atoms with E-state index in [1.807, 2.05) is 18.2 Å². The van der Waals surface area contributed by atoms with Crippen LogP contribution < -0.4 is 0 Å². The van der Waals surface area contributed by atoms with Crippen molar-refractivity contribution in [3.05, 3.63) is 35.9 Å². The second-order valence-corrected chi connectivity index (χ2v) is 8.41. The van der Waals surface area contributed by atoms with E-state index in [9.17, 15) is 8.42 Å². The lowest BCUT2D eigenvalue weighted by atomic mass is 9.93. The molecule has 0 heterocycles. The first-order valence-electron chi connectivity index (χ1n) is 8.99. The Morgan fingerprint density at radius 1 is 0.957 bits per heavy atom. The highest BCUT2D eigenvalue weighted by Gasteiger charge is 2.22. The van der Waals surface area contributed by atoms with Crippen LogP contribution in [0.2, 0.25) is 0 Å². The van der Waals surface area contributed by atoms with E-state index < -0.39 is 10.0 Å². The first-order valence-corrected chi connectivity index (χ1v) is 10.8. The van der Waals surface area contributed by atoms with Gasteiger partial charge >= 0.3 is 0 Å². The maximum Gasteiger partial charge on any atom is 0.211 e. The molecule has 0 saturated carbocycles. The molecular weight excluding hydrogens is 306 g/mol. The molecular formula is C19H33NO2S. The van der Waals surface area contributed by atoms with Crippen molar-refractivity contribution in [3.63, 3.8) is 0 Å². The summed E-state index contributed by atoms with van der Waals surface area (Å²) in [6, 6.07) is 10.4. The maximum absolute atomic E-state index is 12.1. The van der Waals surface area contributed by atoms with Gasteiger partial charge in [0.05, 0.1) is 6.26 Å². The Bertz CT molecular complexity index is 513. The molecule has 0 amide bonds. The summed E-state index contributed by atoms with van der Waals surface area (Å²) in [5.74, 6) is 0.291. The summed E-state index contributed by atoms with van der Waals surface area (Å²) in [7, 11) is -3.14. The van der Waals surface area contributed by atoms with E-state index in [2.05, 4.69) is 26.0 Å². The quantitative estimate of drug-likeness (QED) is 0.513. The van der Waals surface area contributed by atoms with Crippen molar-refractivity contribution in [3.8, 4) is 0 Å². The standard InChI is InChI=1S/C19H33NO2S/c1-4-6-8-10-15-19(18-13-11-9-12-14-18)17-20(16-7-5-2)23(3,21)22/h9,11-14,19H,4-8,10,15-17H2,1-3H3/t19-/m1/s1. The summed E-state index contributed by atoms with van der Waals surface area (Å²) in [4.78, 5) is 0. The highest BCUT2D eigenvalue weighted by Crippen LogP contribution is 2.25. The van der Waals surface area contributed by atoms with Crippen LogP contribution in [-0.4, -0.2) is 32.1 Å². The van der Waals surface area contributed by atoms with Crippen LogP contribution in [0.5, 0.6) is 0 Å². The molecule has 0 fully saturated rings. The van der Waals surface area contributed by atoms with Crippen molar-refractivity contribution in [1.29, 1.82) is 0 Å². The number of nitrogens with zero attached hydrogens (tertiary/aromatic N) is 1. The lowest BCUT2D eigenvalue weighted by Crippen LogP contribution is -2.34. The molecule has 0 N–H and O–H groups in total. The van der Waals surface area contributed by atoms with Gasteiger partial charge in [0.1, 0.15) is 0 Å². The molecule has 4 heteroatoms. The van der Waals surface area contributed by atoms with Gasteiger partial charge in [0.15, 0.2) is 0 Å². The van der Waals surface area contributed by atoms with Crippen LogP contribution in [0.3, 0.4) is 0 Å². The Labute approximate surface area is 143 Å². The summed E-state index contributed by atoms with van der Waals surface area (Å²) < 4.78 is 25.9. The van der Waals surface area contributed by atoms with Gasteiger partial charge < -0.3 is 0 Å². The average Bonchev–Trinajstić information content (AvgIpc) is 2.53. The SMILES string of the molecule is CCCCCC[C@H](CN(CCCC)S(C)(=O)=O)c1ccccc1. The highest BCUT2D eigenvalue weighted by atomic mass is 32.2. The Kier molecular flexibility index (Phi) is 9.49. The second-order valence-electron chi connectivity index (χ2n) is 6.43. The van der Waals surface area contributed by atoms with Gasteiger partial charge in [0.25, 0.3) is 0 Å². The summed E-state index contributed by atoms with van der Waals surface area (Å²) in [6.07, 6.45) is 9.20. The molecule has 0 aliphatic carbocycles. The van der Waals surface area contributed by atoms with Gasteiger partial charge in [0, 0.05) is 13.1 Å². The zero-order valence-electron chi connectivity index (χ0n) is 15.0. The molecule has 3 nitrogen and oxygen atoms in total. The van der Waals surface area contributed by atoms with E-state index in [4.69, 9.17) is 0 Å². The molecule has 23 heavy (non-hydrogen) atoms. The molecule has 0 saturated heterocycles. The number of unbranched alkanes of at least 4 members (excludes halogenated alkanes) is 4. The molecule has 0 spiro atoms. The normalized spacial score (nSPS) is 13.4. The maximum atomic E-state index is 12.1. The number of sulfonamides is 1. The minimum Gasteiger partial charge on any atom is -0.213 e. The van der Waals surface area contributed by atoms with E-state index in [-0.39, 0.29) is 0 Å². The molecule has 0 aliphatic rings. The van der Waals surface area contributed by atoms with E-state index in [1.54, 1.807) is 4.31 Å². The van der Waals surface area contributed by atoms with Crippen molar-refractivity contribution < 1.29 is 8.42 Å². The number of benzene rings is 1. The van der Waals surface area contributed by atoms with Crippen LogP contribution in [-0.2, 0) is 10.0 Å². The fourth-order valence-corrected chi connectivity index (χ4v) is 3.79. The van der Waals surface area contributed by atoms with Crippen molar-refractivity contribution >= 4 is 10.0 Å². The van der Waals surface area contributed by atoms with Gasteiger partial charge in [0.2, 0.25) is 10.0 Å². The molecule has 1 atom stereocenters. The zero-order valence-corrected chi connectivity index (χ0v) is 15.8. The fourth-order valence-electron chi connectivity index (χ4n) is 2.88. The summed E-state index contributed by atoms with van der Waals surface area (Å²) in [5.41, 5.74) is 1.26. The van der Waals surface area contributed by atoms with Gasteiger partial charge in [-0.15, -0.1) is 0 Å². The number of hydrogen-bond donors (Lipinski definition) is 0. The third-order valence-electron chi connectivity index (χ3n) is 4.33. The second kappa shape index (κ2) is 10.8. The van der Waals surface area contributed by atoms with Crippen molar-refractivity contribution in [2.75, 3.05) is 19.3 Å². The molecule has 1 rings (SSSR count). The Balaban J connectivity index is 2.80. The third kappa shape index (κ3) is 7.98. The molecule has 1 aromatic carbocycles. The lowest BCUT2D eigenvalue weighted by molar-refractivity contribution is 0.366. The van der Waals surface area contributed by atoms with Gasteiger partial charge in [-0.1, -0.05) is 76.3 Å². The van der Waals surface area contributed by atoms with Gasteiger partial charge in [-0.05, 0) is 24.3 Å². The van der Waals surface area contributed by atoms with Crippen LogP contribution in [0, 0.1) is 0 Å². The van der Waals surface area contributed by atoms with E-state index in [1.165, 1.54) is 37.5 Å². The van der Waals surface area contributed by atoms with Crippen LogP contribution >= 0.6 is 0 Å². The minimum absolute atomic E-state index is 0.291. The first kappa shape index (κ1) is 20.2. The van der Waals surface area contributed by atoms with Gasteiger partial charge in [-0.3, -0.25) is 0 Å². The molecule has 0 aromatic heterocycles. The van der Waals surface area contributed by atoms with Crippen molar-refractivity contribution in [2.45, 2.75) is 64.7 Å². The highest BCUT2D eigenvalue weighted by molar-refractivity contribution is 7.88. The first-order chi connectivity index (χ1) is 11.0. The Morgan fingerprint density at radius 2 is 1.61 bits per heavy atom. The largest absolute Gasteiger partial charge is 0.213 e. The predicted octanol–water partition coefficient (Wildman–Crippen LogP) is 4.80. The Morgan fingerprint density at radius 3 is 2.17 bits per heavy atom. The van der Waals surface area contributed by atoms with E-state index in [0.29, 0.717) is 19.0 Å². The topological polar surface area (TPSA) is 37.4 Å². The van der Waals surface area contributed by atoms with E-state index in [0.717, 1.165) is 19.3 Å². The van der Waals surface area contributed by atoms with Crippen LogP contribution in [0.25, 0.3) is 0 Å². The molecule has 0 unspecified atom stereocenters. The Hall–Kier alpha value is -0.870. The molecule has 1 aromatic rings. The van der Waals surface area contributed by atoms with Crippen molar-refractivity contribution in [1.82, 2.24) is 4.31 Å². The minimum atomic E-state index is -3.14. The fraction of sp³-hybridized carbons (Fsp3) is 0.684. The summed E-state index contributed by atoms with van der Waals surface area (Å²) >= 11 is 0. The van der Waals surface area contributed by atoms with E-state index >= 15 is 0 Å². The molecule has 0 radical (unpaired) electrons. The number of hydrogen-bond acceptors (Lipinski definition) is 2. The third-order valence-corrected chi connectivity index (χ3v) is 5.60. The molecule has 0 aliphatic heterocycles. The summed E-state index contributed by atoms with van der Waals surface area (Å²) in [5, 5.41) is 0. The molecule has 0 bridgehead atoms. The number of rotatable bonds is 12. The van der Waals surface area contributed by atoms with Gasteiger partial charge in [-0.25, -0.2) is 12.7 Å². The lowest BCUT2D eigenvalue weighted by Gasteiger charge is -2.26. The summed E-state index contributed by atoms with van der Waals surface area (Å²) in [6.45, 7) is 5.55. The zero-order chi connectivity index (χ0) is 17.1.